The van der Waals surface area contributed by atoms with Crippen molar-refractivity contribution in [3.05, 3.63) is 12.4 Å². The molecule has 0 fully saturated rings. The largest absolute Gasteiger partial charge is 0.474 e. The molecule has 0 aliphatic rings. The van der Waals surface area contributed by atoms with Crippen molar-refractivity contribution in [2.24, 2.45) is 0 Å². The Kier molecular flexibility index (Phi) is 5.00. The topological polar surface area (TPSA) is 9.23 Å². The highest BCUT2D eigenvalue weighted by Gasteiger charge is 1.81. The van der Waals surface area contributed by atoms with Gasteiger partial charge in [-0.05, 0) is 18.3 Å². The smallest absolute Gasteiger partial charge is 0.217 e. The van der Waals surface area contributed by atoms with Crippen LogP contribution >= 0.6 is 24.8 Å². The molecule has 0 aromatic rings. The van der Waals surface area contributed by atoms with Gasteiger partial charge >= 0.3 is 0 Å². The third-order valence-electron chi connectivity index (χ3n) is 0.392. The van der Waals surface area contributed by atoms with Gasteiger partial charge in [-0.3, -0.25) is 0 Å². The molecule has 0 N–H and O–H groups in total. The van der Waals surface area contributed by atoms with Crippen LogP contribution in [0.3, 0.4) is 0 Å². The fraction of sp³-hybridized carbons (Fsp3) is 0.250. The lowest BCUT2D eigenvalue weighted by Gasteiger charge is -1.93. The van der Waals surface area contributed by atoms with Gasteiger partial charge in [0.2, 0.25) is 4.38 Å². The van der Waals surface area contributed by atoms with Crippen LogP contribution in [0.25, 0.3) is 0 Å². The quantitative estimate of drug-likeness (QED) is 0.476. The van der Waals surface area contributed by atoms with Gasteiger partial charge in [-0.2, -0.15) is 0 Å². The van der Waals surface area contributed by atoms with Crippen LogP contribution in [0.2, 0.25) is 0 Å². The van der Waals surface area contributed by atoms with Gasteiger partial charge in [-0.25, -0.2) is 4.39 Å². The van der Waals surface area contributed by atoms with Gasteiger partial charge in [0.15, 0.2) is 0 Å². The third kappa shape index (κ3) is 5.91. The zero-order chi connectivity index (χ0) is 6.41. The first kappa shape index (κ1) is 7.91. The Bertz CT molecular complexity index is 102. The van der Waals surface area contributed by atoms with Crippen molar-refractivity contribution >= 4 is 29.2 Å². The second-order valence-electron chi connectivity index (χ2n) is 0.939. The number of ether oxygens (including phenoxy) is 1. The Balaban J connectivity index is 3.05. The van der Waals surface area contributed by atoms with Gasteiger partial charge in [0.05, 0.1) is 6.33 Å². The summed E-state index contributed by atoms with van der Waals surface area (Å²) in [5.41, 5.74) is 0. The SMILES string of the molecule is FC=CCOC(=S)S. The average molecular weight is 152 g/mol. The second-order valence-corrected chi connectivity index (χ2v) is 2.02. The minimum absolute atomic E-state index is 0.128. The molecule has 0 aliphatic heterocycles. The van der Waals surface area contributed by atoms with Crippen LogP contribution in [0, 0.1) is 0 Å². The summed E-state index contributed by atoms with van der Waals surface area (Å²) in [6.45, 7) is 0.152. The molecule has 0 saturated heterocycles. The normalized spacial score (nSPS) is 9.75. The van der Waals surface area contributed by atoms with Gasteiger partial charge in [0, 0.05) is 0 Å². The Hall–Kier alpha value is -0.0900. The molecule has 0 unspecified atom stereocenters. The monoisotopic (exact) mass is 152 g/mol. The maximum absolute atomic E-state index is 11.1. The lowest BCUT2D eigenvalue weighted by atomic mass is 10.7. The zero-order valence-electron chi connectivity index (χ0n) is 4.00. The molecule has 8 heavy (non-hydrogen) atoms. The lowest BCUT2D eigenvalue weighted by Crippen LogP contribution is -1.91. The minimum atomic E-state index is 0.128. The van der Waals surface area contributed by atoms with E-state index in [0.29, 0.717) is 6.33 Å². The van der Waals surface area contributed by atoms with Gasteiger partial charge in [-0.1, -0.05) is 12.6 Å². The van der Waals surface area contributed by atoms with Crippen LogP contribution in [-0.4, -0.2) is 11.0 Å². The summed E-state index contributed by atoms with van der Waals surface area (Å²) in [5.74, 6) is 0. The molecule has 0 amide bonds. The Morgan fingerprint density at radius 2 is 2.50 bits per heavy atom. The molecule has 0 radical (unpaired) electrons. The van der Waals surface area contributed by atoms with Gasteiger partial charge in [0.25, 0.3) is 0 Å². The number of thiocarbonyl (C=S) groups is 1. The molecule has 0 atom stereocenters. The van der Waals surface area contributed by atoms with Crippen LogP contribution in [0.5, 0.6) is 0 Å². The summed E-state index contributed by atoms with van der Waals surface area (Å²) < 4.78 is 15.8. The van der Waals surface area contributed by atoms with Crippen LogP contribution in [0.4, 0.5) is 4.39 Å². The predicted molar refractivity (Wildman–Crippen MR) is 37.8 cm³/mol. The van der Waals surface area contributed by atoms with Crippen LogP contribution in [0.1, 0.15) is 0 Å². The molecule has 4 heteroatoms. The maximum Gasteiger partial charge on any atom is 0.217 e. The Morgan fingerprint density at radius 3 is 2.88 bits per heavy atom. The van der Waals surface area contributed by atoms with Crippen molar-refractivity contribution in [1.29, 1.82) is 0 Å². The van der Waals surface area contributed by atoms with Gasteiger partial charge in [0.1, 0.15) is 6.61 Å². The molecule has 0 saturated carbocycles. The van der Waals surface area contributed by atoms with E-state index < -0.39 is 0 Å². The molecule has 0 aromatic heterocycles. The molecule has 46 valence electrons. The standard InChI is InChI=1S/C4H5FOS2/c5-2-1-3-6-4(7)8/h1-2H,3H2,(H,7,8). The van der Waals surface area contributed by atoms with E-state index in [1.165, 1.54) is 6.08 Å². The van der Waals surface area contributed by atoms with E-state index in [0.717, 1.165) is 0 Å². The predicted octanol–water partition coefficient (Wildman–Crippen LogP) is 1.70. The third-order valence-corrected chi connectivity index (χ3v) is 0.639. The van der Waals surface area contributed by atoms with Crippen LogP contribution < -0.4 is 0 Å². The number of hydrogen-bond donors (Lipinski definition) is 1. The fourth-order valence-corrected chi connectivity index (χ4v) is 0.298. The number of rotatable bonds is 2. The van der Waals surface area contributed by atoms with Crippen LogP contribution in [0.15, 0.2) is 12.4 Å². The van der Waals surface area contributed by atoms with E-state index >= 15 is 0 Å². The van der Waals surface area contributed by atoms with Crippen molar-refractivity contribution in [2.75, 3.05) is 6.61 Å². The summed E-state index contributed by atoms with van der Waals surface area (Å²) in [6.07, 6.45) is 1.59. The molecule has 0 rings (SSSR count). The highest BCUT2D eigenvalue weighted by atomic mass is 32.1. The molecule has 1 nitrogen and oxygen atoms in total. The minimum Gasteiger partial charge on any atom is -0.474 e. The molecular weight excluding hydrogens is 147 g/mol. The van der Waals surface area contributed by atoms with E-state index in [1.54, 1.807) is 0 Å². The molecular formula is C4H5FOS2. The number of thiol groups is 1. The summed E-state index contributed by atoms with van der Waals surface area (Å²) in [7, 11) is 0. The van der Waals surface area contributed by atoms with Gasteiger partial charge < -0.3 is 4.74 Å². The first-order chi connectivity index (χ1) is 3.77. The molecule has 0 aliphatic carbocycles. The lowest BCUT2D eigenvalue weighted by molar-refractivity contribution is 0.369. The van der Waals surface area contributed by atoms with Crippen molar-refractivity contribution in [3.63, 3.8) is 0 Å². The van der Waals surface area contributed by atoms with E-state index in [9.17, 15) is 4.39 Å². The Morgan fingerprint density at radius 1 is 1.88 bits per heavy atom. The van der Waals surface area contributed by atoms with E-state index in [-0.39, 0.29) is 11.0 Å². The summed E-state index contributed by atoms with van der Waals surface area (Å²) in [5, 5.41) is 0. The molecule has 0 heterocycles. The second kappa shape index (κ2) is 5.05. The summed E-state index contributed by atoms with van der Waals surface area (Å²) in [4.78, 5) is 0. The molecule has 0 bridgehead atoms. The van der Waals surface area contributed by atoms with Crippen molar-refractivity contribution in [1.82, 2.24) is 0 Å². The van der Waals surface area contributed by atoms with Crippen molar-refractivity contribution in [3.8, 4) is 0 Å². The summed E-state index contributed by atoms with van der Waals surface area (Å²) in [6, 6.07) is 0. The van der Waals surface area contributed by atoms with E-state index in [4.69, 9.17) is 0 Å². The highest BCUT2D eigenvalue weighted by molar-refractivity contribution is 8.10. The maximum atomic E-state index is 11.1. The first-order valence-corrected chi connectivity index (χ1v) is 2.74. The zero-order valence-corrected chi connectivity index (χ0v) is 5.71. The van der Waals surface area contributed by atoms with E-state index in [1.807, 2.05) is 0 Å². The Labute approximate surface area is 57.9 Å². The van der Waals surface area contributed by atoms with Crippen LogP contribution in [-0.2, 0) is 4.74 Å². The fourth-order valence-electron chi connectivity index (χ4n) is 0.156. The number of halogens is 1. The highest BCUT2D eigenvalue weighted by Crippen LogP contribution is 1.86. The van der Waals surface area contributed by atoms with Gasteiger partial charge in [-0.15, -0.1) is 0 Å². The average Bonchev–Trinajstić information content (AvgIpc) is 1.66. The molecule has 0 spiro atoms. The number of hydrogen-bond acceptors (Lipinski definition) is 2. The molecule has 0 aromatic carbocycles. The summed E-state index contributed by atoms with van der Waals surface area (Å²) >= 11 is 8.02. The van der Waals surface area contributed by atoms with Crippen molar-refractivity contribution in [2.45, 2.75) is 0 Å². The first-order valence-electron chi connectivity index (χ1n) is 1.88. The van der Waals surface area contributed by atoms with E-state index in [2.05, 4.69) is 29.6 Å². The van der Waals surface area contributed by atoms with Crippen molar-refractivity contribution < 1.29 is 9.13 Å².